The maximum absolute atomic E-state index is 6.15. The maximum Gasteiger partial charge on any atom is 0.227 e. The van der Waals surface area contributed by atoms with E-state index < -0.39 is 0 Å². The molecule has 0 bridgehead atoms. The van der Waals surface area contributed by atoms with Crippen LogP contribution in [0.2, 0.25) is 0 Å². The van der Waals surface area contributed by atoms with Crippen LogP contribution in [0.4, 0.5) is 0 Å². The Morgan fingerprint density at radius 3 is 1.51 bits per heavy atom. The Balaban J connectivity index is 1.07. The third kappa shape index (κ3) is 5.66. The summed E-state index contributed by atoms with van der Waals surface area (Å²) in [6, 6.07) is 60.6. The van der Waals surface area contributed by atoms with Crippen LogP contribution < -0.4 is 0 Å². The van der Waals surface area contributed by atoms with Crippen molar-refractivity contribution in [1.29, 1.82) is 0 Å². The lowest BCUT2D eigenvalue weighted by Crippen LogP contribution is -1.96. The number of oxazole rings is 1. The Hall–Kier alpha value is -6.65. The first-order chi connectivity index (χ1) is 24.2. The predicted octanol–water partition coefficient (Wildman–Crippen LogP) is 11.8. The molecule has 0 fully saturated rings. The van der Waals surface area contributed by atoms with Gasteiger partial charge in [-0.3, -0.25) is 0 Å². The van der Waals surface area contributed by atoms with E-state index in [4.69, 9.17) is 19.4 Å². The van der Waals surface area contributed by atoms with E-state index in [0.29, 0.717) is 11.7 Å². The van der Waals surface area contributed by atoms with E-state index >= 15 is 0 Å². The van der Waals surface area contributed by atoms with Gasteiger partial charge in [-0.2, -0.15) is 0 Å². The molecule has 4 nitrogen and oxygen atoms in total. The molecule has 230 valence electrons. The Kier molecular flexibility index (Phi) is 7.10. The molecule has 0 saturated carbocycles. The summed E-state index contributed by atoms with van der Waals surface area (Å²) in [5.41, 5.74) is 12.0. The lowest BCUT2D eigenvalue weighted by Gasteiger charge is -2.11. The van der Waals surface area contributed by atoms with Crippen LogP contribution in [0.25, 0.3) is 89.5 Å². The van der Waals surface area contributed by atoms with Gasteiger partial charge in [0.2, 0.25) is 5.89 Å². The molecular formula is C45H29N3O. The monoisotopic (exact) mass is 627 g/mol. The zero-order chi connectivity index (χ0) is 32.6. The van der Waals surface area contributed by atoms with Crippen molar-refractivity contribution in [2.75, 3.05) is 0 Å². The van der Waals surface area contributed by atoms with Crippen LogP contribution in [0.5, 0.6) is 0 Å². The van der Waals surface area contributed by atoms with Crippen LogP contribution >= 0.6 is 0 Å². The molecule has 0 radical (unpaired) electrons. The molecule has 0 aliphatic heterocycles. The number of hydrogen-bond donors (Lipinski definition) is 0. The quantitative estimate of drug-likeness (QED) is 0.184. The lowest BCUT2D eigenvalue weighted by molar-refractivity contribution is 0.620. The summed E-state index contributed by atoms with van der Waals surface area (Å²) in [6.07, 6.45) is 0. The highest BCUT2D eigenvalue weighted by Crippen LogP contribution is 2.33. The topological polar surface area (TPSA) is 51.8 Å². The number of rotatable bonds is 6. The molecular weight excluding hydrogens is 599 g/mol. The average Bonchev–Trinajstić information content (AvgIpc) is 3.62. The number of fused-ring (bicyclic) bond motifs is 2. The molecule has 0 aliphatic rings. The minimum Gasteiger partial charge on any atom is -0.436 e. The molecule has 0 amide bonds. The van der Waals surface area contributed by atoms with E-state index in [9.17, 15) is 0 Å². The van der Waals surface area contributed by atoms with E-state index in [1.165, 1.54) is 5.56 Å². The van der Waals surface area contributed by atoms with Crippen molar-refractivity contribution in [2.24, 2.45) is 0 Å². The van der Waals surface area contributed by atoms with Crippen molar-refractivity contribution in [1.82, 2.24) is 15.0 Å². The van der Waals surface area contributed by atoms with Gasteiger partial charge in [-0.25, -0.2) is 15.0 Å². The van der Waals surface area contributed by atoms with Crippen LogP contribution in [0, 0.1) is 0 Å². The van der Waals surface area contributed by atoms with Crippen LogP contribution in [0.15, 0.2) is 180 Å². The van der Waals surface area contributed by atoms with E-state index in [0.717, 1.165) is 72.2 Å². The van der Waals surface area contributed by atoms with Gasteiger partial charge in [0.25, 0.3) is 0 Å². The van der Waals surface area contributed by atoms with Gasteiger partial charge in [-0.15, -0.1) is 0 Å². The molecule has 0 atom stereocenters. The predicted molar refractivity (Wildman–Crippen MR) is 200 cm³/mol. The summed E-state index contributed by atoms with van der Waals surface area (Å²) in [6.45, 7) is 0. The number of benzene rings is 7. The summed E-state index contributed by atoms with van der Waals surface area (Å²) in [7, 11) is 0. The molecule has 0 aliphatic carbocycles. The smallest absolute Gasteiger partial charge is 0.227 e. The second-order valence-corrected chi connectivity index (χ2v) is 12.1. The Morgan fingerprint density at radius 1 is 0.327 bits per heavy atom. The number of hydrogen-bond acceptors (Lipinski definition) is 4. The van der Waals surface area contributed by atoms with Crippen molar-refractivity contribution in [3.8, 4) is 67.6 Å². The van der Waals surface area contributed by atoms with Crippen molar-refractivity contribution < 1.29 is 4.42 Å². The van der Waals surface area contributed by atoms with E-state index in [-0.39, 0.29) is 0 Å². The second kappa shape index (κ2) is 12.2. The highest BCUT2D eigenvalue weighted by Gasteiger charge is 2.13. The molecule has 2 heterocycles. The number of aromatic nitrogens is 3. The molecule has 0 unspecified atom stereocenters. The molecule has 49 heavy (non-hydrogen) atoms. The van der Waals surface area contributed by atoms with Gasteiger partial charge in [0.15, 0.2) is 11.4 Å². The average molecular weight is 628 g/mol. The molecule has 2 aromatic heterocycles. The van der Waals surface area contributed by atoms with Gasteiger partial charge >= 0.3 is 0 Å². The van der Waals surface area contributed by atoms with Gasteiger partial charge in [-0.05, 0) is 75.5 Å². The van der Waals surface area contributed by atoms with Crippen LogP contribution in [-0.2, 0) is 0 Å². The molecule has 9 aromatic rings. The van der Waals surface area contributed by atoms with Crippen LogP contribution in [0.1, 0.15) is 0 Å². The fraction of sp³-hybridized carbons (Fsp3) is 0. The molecule has 0 N–H and O–H groups in total. The SMILES string of the molecule is c1ccc(-c2ccc(-c3nc(-c4ccccc4)cc(-c4ccc5cc(-c6ccc7nc(-c8ccccc8)oc7c6)ccc5c4)n3)cc2)cc1. The van der Waals surface area contributed by atoms with Crippen LogP contribution in [0.3, 0.4) is 0 Å². The van der Waals surface area contributed by atoms with Gasteiger partial charge < -0.3 is 4.42 Å². The lowest BCUT2D eigenvalue weighted by atomic mass is 9.98. The van der Waals surface area contributed by atoms with Gasteiger partial charge in [0, 0.05) is 22.3 Å². The van der Waals surface area contributed by atoms with E-state index in [1.807, 2.05) is 60.7 Å². The van der Waals surface area contributed by atoms with E-state index in [1.54, 1.807) is 0 Å². The first kappa shape index (κ1) is 28.6. The summed E-state index contributed by atoms with van der Waals surface area (Å²) in [4.78, 5) is 14.8. The Morgan fingerprint density at radius 2 is 0.816 bits per heavy atom. The Labute approximate surface area is 284 Å². The zero-order valence-corrected chi connectivity index (χ0v) is 26.5. The highest BCUT2D eigenvalue weighted by molar-refractivity contribution is 5.92. The standard InChI is InChI=1S/C45H29N3O/c1-4-10-30(11-5-1)31-16-18-33(19-17-31)44-46-41(32-12-6-2-7-13-32)29-42(47-44)39-23-22-35-26-36(20-21-37(35)27-39)38-24-25-40-43(28-38)49-45(48-40)34-14-8-3-9-15-34/h1-29H. The highest BCUT2D eigenvalue weighted by atomic mass is 16.3. The van der Waals surface area contributed by atoms with E-state index in [2.05, 4.69) is 115 Å². The summed E-state index contributed by atoms with van der Waals surface area (Å²) >= 11 is 0. The Bertz CT molecular complexity index is 2580. The first-order valence-electron chi connectivity index (χ1n) is 16.3. The largest absolute Gasteiger partial charge is 0.436 e. The molecule has 7 aromatic carbocycles. The zero-order valence-electron chi connectivity index (χ0n) is 26.5. The minimum absolute atomic E-state index is 0.631. The van der Waals surface area contributed by atoms with Crippen molar-refractivity contribution in [3.05, 3.63) is 176 Å². The van der Waals surface area contributed by atoms with Crippen molar-refractivity contribution >= 4 is 21.9 Å². The second-order valence-electron chi connectivity index (χ2n) is 12.1. The third-order valence-corrected chi connectivity index (χ3v) is 8.92. The van der Waals surface area contributed by atoms with Gasteiger partial charge in [0.05, 0.1) is 11.4 Å². The van der Waals surface area contributed by atoms with Crippen molar-refractivity contribution in [3.63, 3.8) is 0 Å². The maximum atomic E-state index is 6.15. The fourth-order valence-electron chi connectivity index (χ4n) is 6.32. The van der Waals surface area contributed by atoms with Gasteiger partial charge in [-0.1, -0.05) is 133 Å². The summed E-state index contributed by atoms with van der Waals surface area (Å²) in [5.74, 6) is 1.33. The summed E-state index contributed by atoms with van der Waals surface area (Å²) in [5, 5.41) is 2.29. The number of nitrogens with zero attached hydrogens (tertiary/aromatic N) is 3. The normalized spacial score (nSPS) is 11.3. The minimum atomic E-state index is 0.631. The third-order valence-electron chi connectivity index (χ3n) is 8.92. The molecule has 4 heteroatoms. The fourth-order valence-corrected chi connectivity index (χ4v) is 6.32. The summed E-state index contributed by atoms with van der Waals surface area (Å²) < 4.78 is 6.15. The first-order valence-corrected chi connectivity index (χ1v) is 16.3. The molecule has 9 rings (SSSR count). The van der Waals surface area contributed by atoms with Gasteiger partial charge in [0.1, 0.15) is 5.52 Å². The molecule has 0 saturated heterocycles. The molecule has 0 spiro atoms. The van der Waals surface area contributed by atoms with Crippen molar-refractivity contribution in [2.45, 2.75) is 0 Å². The van der Waals surface area contributed by atoms with Crippen LogP contribution in [-0.4, -0.2) is 15.0 Å².